The van der Waals surface area contributed by atoms with Crippen LogP contribution in [0.5, 0.6) is 0 Å². The van der Waals surface area contributed by atoms with Crippen LogP contribution in [0.4, 0.5) is 0 Å². The van der Waals surface area contributed by atoms with E-state index < -0.39 is 0 Å². The number of hydrogen-bond acceptors (Lipinski definition) is 1. The van der Waals surface area contributed by atoms with E-state index in [-0.39, 0.29) is 0 Å². The Bertz CT molecular complexity index is 649. The number of nitrogens with one attached hydrogen (secondary N) is 2. The fourth-order valence-electron chi connectivity index (χ4n) is 6.13. The predicted octanol–water partition coefficient (Wildman–Crippen LogP) is 4.27. The maximum absolute atomic E-state index is 4.02. The van der Waals surface area contributed by atoms with Gasteiger partial charge in [-0.2, -0.15) is 0 Å². The van der Waals surface area contributed by atoms with E-state index in [1.807, 2.05) is 0 Å². The van der Waals surface area contributed by atoms with Crippen LogP contribution in [0, 0.1) is 17.8 Å². The van der Waals surface area contributed by atoms with Crippen molar-refractivity contribution in [3.8, 4) is 0 Å². The van der Waals surface area contributed by atoms with Gasteiger partial charge in [-0.25, -0.2) is 0 Å². The van der Waals surface area contributed by atoms with E-state index in [0.717, 1.165) is 30.7 Å². The molecule has 2 aromatic rings. The van der Waals surface area contributed by atoms with Crippen molar-refractivity contribution in [2.45, 2.75) is 50.5 Å². The Morgan fingerprint density at radius 1 is 1.00 bits per heavy atom. The molecule has 4 bridgehead atoms. The number of para-hydroxylation sites is 1. The van der Waals surface area contributed by atoms with E-state index in [2.05, 4.69) is 40.8 Å². The highest BCUT2D eigenvalue weighted by atomic mass is 15.0. The molecular weight excluding hydrogens is 268 g/mol. The predicted molar refractivity (Wildman–Crippen MR) is 90.9 cm³/mol. The summed E-state index contributed by atoms with van der Waals surface area (Å²) in [7, 11) is 0. The molecule has 2 N–H and O–H groups in total. The lowest BCUT2D eigenvalue weighted by atomic mass is 9.53. The molecule has 0 atom stereocenters. The molecule has 116 valence electrons. The summed E-state index contributed by atoms with van der Waals surface area (Å²) >= 11 is 0. The topological polar surface area (TPSA) is 27.8 Å². The van der Waals surface area contributed by atoms with Crippen LogP contribution >= 0.6 is 0 Å². The summed E-state index contributed by atoms with van der Waals surface area (Å²) in [5.41, 5.74) is 3.24. The van der Waals surface area contributed by atoms with Gasteiger partial charge in [-0.3, -0.25) is 0 Å². The average Bonchev–Trinajstić information content (AvgIpc) is 2.89. The van der Waals surface area contributed by atoms with Crippen LogP contribution in [-0.2, 0) is 6.42 Å². The zero-order valence-corrected chi connectivity index (χ0v) is 13.3. The van der Waals surface area contributed by atoms with E-state index in [4.69, 9.17) is 0 Å². The highest BCUT2D eigenvalue weighted by Crippen LogP contribution is 2.55. The van der Waals surface area contributed by atoms with Gasteiger partial charge in [0, 0.05) is 22.6 Å². The number of rotatable bonds is 4. The van der Waals surface area contributed by atoms with E-state index in [0.29, 0.717) is 5.54 Å². The lowest BCUT2D eigenvalue weighted by Crippen LogP contribution is -2.58. The van der Waals surface area contributed by atoms with Gasteiger partial charge in [0.1, 0.15) is 0 Å². The molecule has 0 radical (unpaired) electrons. The number of aromatic amines is 1. The van der Waals surface area contributed by atoms with E-state index in [9.17, 15) is 0 Å². The Kier molecular flexibility index (Phi) is 2.91. The van der Waals surface area contributed by atoms with Crippen molar-refractivity contribution in [3.05, 3.63) is 36.0 Å². The minimum Gasteiger partial charge on any atom is -0.361 e. The Balaban J connectivity index is 1.28. The minimum atomic E-state index is 0.501. The Labute approximate surface area is 132 Å². The highest BCUT2D eigenvalue weighted by Gasteiger charge is 2.50. The molecule has 0 saturated heterocycles. The first-order valence-corrected chi connectivity index (χ1v) is 9.10. The number of fused-ring (bicyclic) bond motifs is 1. The molecule has 1 aromatic heterocycles. The molecule has 0 spiro atoms. The first kappa shape index (κ1) is 13.2. The first-order chi connectivity index (χ1) is 10.8. The zero-order chi connectivity index (χ0) is 14.6. The molecule has 0 unspecified atom stereocenters. The molecule has 4 aliphatic rings. The molecule has 4 saturated carbocycles. The van der Waals surface area contributed by atoms with Crippen LogP contribution < -0.4 is 5.32 Å². The van der Waals surface area contributed by atoms with Crippen LogP contribution in [0.1, 0.15) is 44.1 Å². The van der Waals surface area contributed by atoms with Gasteiger partial charge < -0.3 is 10.3 Å². The second-order valence-electron chi connectivity index (χ2n) is 8.23. The van der Waals surface area contributed by atoms with Crippen LogP contribution in [0.2, 0.25) is 0 Å². The normalized spacial score (nSPS) is 36.3. The van der Waals surface area contributed by atoms with Crippen LogP contribution in [-0.4, -0.2) is 17.1 Å². The molecule has 4 aliphatic carbocycles. The molecule has 4 fully saturated rings. The molecule has 2 nitrogen and oxygen atoms in total. The molecule has 1 aromatic carbocycles. The van der Waals surface area contributed by atoms with Crippen molar-refractivity contribution in [2.24, 2.45) is 17.8 Å². The number of aromatic nitrogens is 1. The minimum absolute atomic E-state index is 0.501. The van der Waals surface area contributed by atoms with Crippen molar-refractivity contribution >= 4 is 10.9 Å². The highest BCUT2D eigenvalue weighted by molar-refractivity contribution is 5.83. The van der Waals surface area contributed by atoms with Gasteiger partial charge in [-0.15, -0.1) is 0 Å². The molecular formula is C20H26N2. The van der Waals surface area contributed by atoms with Crippen molar-refractivity contribution in [2.75, 3.05) is 6.54 Å². The van der Waals surface area contributed by atoms with Crippen LogP contribution in [0.3, 0.4) is 0 Å². The molecule has 6 rings (SSSR count). The summed E-state index contributed by atoms with van der Waals surface area (Å²) < 4.78 is 0. The Morgan fingerprint density at radius 2 is 1.68 bits per heavy atom. The van der Waals surface area contributed by atoms with Crippen LogP contribution in [0.25, 0.3) is 10.9 Å². The van der Waals surface area contributed by atoms with Crippen molar-refractivity contribution in [1.82, 2.24) is 10.3 Å². The number of H-pyrrole nitrogens is 1. The van der Waals surface area contributed by atoms with Crippen molar-refractivity contribution in [1.29, 1.82) is 0 Å². The van der Waals surface area contributed by atoms with Gasteiger partial charge >= 0.3 is 0 Å². The van der Waals surface area contributed by atoms with Gasteiger partial charge in [0.25, 0.3) is 0 Å². The van der Waals surface area contributed by atoms with Gasteiger partial charge in [-0.05, 0) is 80.9 Å². The number of benzene rings is 1. The monoisotopic (exact) mass is 294 g/mol. The summed E-state index contributed by atoms with van der Waals surface area (Å²) in [6.07, 6.45) is 12.3. The SMILES string of the molecule is c1ccc2c(CCNC34CC5CC(CC(C5)C3)C4)c[nH]c2c1. The lowest BCUT2D eigenvalue weighted by molar-refractivity contribution is -0.0192. The van der Waals surface area contributed by atoms with Gasteiger partial charge in [0.05, 0.1) is 0 Å². The summed E-state index contributed by atoms with van der Waals surface area (Å²) in [6.45, 7) is 1.13. The summed E-state index contributed by atoms with van der Waals surface area (Å²) in [6, 6.07) is 8.67. The summed E-state index contributed by atoms with van der Waals surface area (Å²) in [5, 5.41) is 5.41. The largest absolute Gasteiger partial charge is 0.361 e. The van der Waals surface area contributed by atoms with E-state index in [1.54, 1.807) is 0 Å². The molecule has 22 heavy (non-hydrogen) atoms. The second kappa shape index (κ2) is 4.86. The van der Waals surface area contributed by atoms with Gasteiger partial charge in [0.2, 0.25) is 0 Å². The Hall–Kier alpha value is -1.28. The first-order valence-electron chi connectivity index (χ1n) is 9.10. The smallest absolute Gasteiger partial charge is 0.0456 e. The van der Waals surface area contributed by atoms with E-state index >= 15 is 0 Å². The standard InChI is InChI=1S/C20H26N2/c1-2-4-19-18(3-1)17(13-21-19)5-6-22-20-10-14-7-15(11-20)9-16(8-14)12-20/h1-4,13-16,21-22H,5-12H2. The lowest BCUT2D eigenvalue weighted by Gasteiger charge is -2.57. The average molecular weight is 294 g/mol. The second-order valence-corrected chi connectivity index (χ2v) is 8.23. The van der Waals surface area contributed by atoms with Crippen LogP contribution in [0.15, 0.2) is 30.5 Å². The third-order valence-electron chi connectivity index (χ3n) is 6.61. The Morgan fingerprint density at radius 3 is 2.41 bits per heavy atom. The number of hydrogen-bond donors (Lipinski definition) is 2. The fraction of sp³-hybridized carbons (Fsp3) is 0.600. The fourth-order valence-corrected chi connectivity index (χ4v) is 6.13. The van der Waals surface area contributed by atoms with Crippen molar-refractivity contribution in [3.63, 3.8) is 0 Å². The molecule has 1 heterocycles. The van der Waals surface area contributed by atoms with Crippen molar-refractivity contribution < 1.29 is 0 Å². The molecule has 0 aliphatic heterocycles. The molecule has 2 heteroatoms. The quantitative estimate of drug-likeness (QED) is 0.866. The molecule has 0 amide bonds. The maximum atomic E-state index is 4.02. The zero-order valence-electron chi connectivity index (χ0n) is 13.3. The van der Waals surface area contributed by atoms with E-state index in [1.165, 1.54) is 55.0 Å². The third kappa shape index (κ3) is 2.11. The summed E-state index contributed by atoms with van der Waals surface area (Å²) in [4.78, 5) is 3.40. The van der Waals surface area contributed by atoms with Gasteiger partial charge in [-0.1, -0.05) is 18.2 Å². The summed E-state index contributed by atoms with van der Waals surface area (Å²) in [5.74, 6) is 3.10. The third-order valence-corrected chi connectivity index (χ3v) is 6.61. The van der Waals surface area contributed by atoms with Gasteiger partial charge in [0.15, 0.2) is 0 Å². The maximum Gasteiger partial charge on any atom is 0.0456 e.